The molecule has 0 spiro atoms. The first-order valence-electron chi connectivity index (χ1n) is 8.16. The second-order valence-electron chi connectivity index (χ2n) is 6.36. The van der Waals surface area contributed by atoms with Crippen molar-refractivity contribution in [1.29, 1.82) is 0 Å². The third-order valence-electron chi connectivity index (χ3n) is 4.39. The van der Waals surface area contributed by atoms with E-state index in [1.807, 2.05) is 0 Å². The molecule has 7 nitrogen and oxygen atoms in total. The van der Waals surface area contributed by atoms with Gasteiger partial charge in [-0.15, -0.1) is 0 Å². The van der Waals surface area contributed by atoms with E-state index in [0.29, 0.717) is 6.07 Å². The van der Waals surface area contributed by atoms with E-state index in [1.54, 1.807) is 0 Å². The van der Waals surface area contributed by atoms with Crippen molar-refractivity contribution in [3.8, 4) is 0 Å². The van der Waals surface area contributed by atoms with Gasteiger partial charge in [-0.3, -0.25) is 9.59 Å². The largest absolute Gasteiger partial charge is 0.467 e. The summed E-state index contributed by atoms with van der Waals surface area (Å²) in [6, 6.07) is 2.42. The molecule has 1 fully saturated rings. The first-order chi connectivity index (χ1) is 12.9. The summed E-state index contributed by atoms with van der Waals surface area (Å²) in [7, 11) is -3.49. The van der Waals surface area contributed by atoms with Gasteiger partial charge in [0.2, 0.25) is 5.91 Å². The predicted molar refractivity (Wildman–Crippen MR) is 89.8 cm³/mol. The van der Waals surface area contributed by atoms with Gasteiger partial charge < -0.3 is 9.64 Å². The van der Waals surface area contributed by atoms with Crippen LogP contribution in [0.1, 0.15) is 25.3 Å². The molecule has 0 N–H and O–H groups in total. The Morgan fingerprint density at radius 3 is 2.36 bits per heavy atom. The van der Waals surface area contributed by atoms with Crippen LogP contribution in [0.15, 0.2) is 29.2 Å². The highest BCUT2D eigenvalue weighted by Crippen LogP contribution is 2.37. The molecule has 2 atom stereocenters. The lowest BCUT2D eigenvalue weighted by atomic mass is 10.2. The first kappa shape index (κ1) is 21.9. The van der Waals surface area contributed by atoms with Gasteiger partial charge in [0.15, 0.2) is 9.84 Å². The molecule has 1 unspecified atom stereocenters. The van der Waals surface area contributed by atoms with Gasteiger partial charge in [0, 0.05) is 6.54 Å². The summed E-state index contributed by atoms with van der Waals surface area (Å²) >= 11 is 0. The summed E-state index contributed by atoms with van der Waals surface area (Å²) < 4.78 is 70.1. The van der Waals surface area contributed by atoms with Crippen molar-refractivity contribution in [3.63, 3.8) is 0 Å². The van der Waals surface area contributed by atoms with Crippen LogP contribution in [-0.2, 0) is 35.1 Å². The van der Waals surface area contributed by atoms with E-state index >= 15 is 0 Å². The zero-order valence-electron chi connectivity index (χ0n) is 15.0. The van der Waals surface area contributed by atoms with Crippen molar-refractivity contribution in [2.75, 3.05) is 13.7 Å². The fraction of sp³-hybridized carbons (Fsp3) is 0.471. The Balaban J connectivity index is 2.44. The Bertz CT molecular complexity index is 896. The maximum Gasteiger partial charge on any atom is 0.417 e. The van der Waals surface area contributed by atoms with Crippen LogP contribution in [-0.4, -0.2) is 55.9 Å². The molecule has 0 radical (unpaired) electrons. The number of halogens is 3. The molecular formula is C17H18F3NO6S. The zero-order chi connectivity index (χ0) is 21.3. The second-order valence-corrected chi connectivity index (χ2v) is 8.56. The lowest BCUT2D eigenvalue weighted by Gasteiger charge is -2.22. The number of nitrogens with zero attached hydrogens (tertiary/aromatic N) is 1. The van der Waals surface area contributed by atoms with Crippen molar-refractivity contribution < 1.29 is 40.7 Å². The number of carbonyl (C=O) groups excluding carboxylic acids is 3. The number of carbonyl (C=O) groups is 3. The number of ether oxygens (including phenoxy) is 1. The average Bonchev–Trinajstić information content (AvgIpc) is 3.06. The minimum absolute atomic E-state index is 0.426. The molecule has 0 bridgehead atoms. The van der Waals surface area contributed by atoms with Crippen molar-refractivity contribution in [1.82, 2.24) is 4.90 Å². The van der Waals surface area contributed by atoms with Gasteiger partial charge in [0.25, 0.3) is 0 Å². The number of methoxy groups -OCH3 is 1. The Hall–Kier alpha value is -2.43. The van der Waals surface area contributed by atoms with E-state index in [-0.39, 0.29) is 0 Å². The number of rotatable bonds is 5. The number of hydrogen-bond donors (Lipinski definition) is 0. The number of benzene rings is 1. The monoisotopic (exact) mass is 421 g/mol. The van der Waals surface area contributed by atoms with Crippen LogP contribution in [0, 0.1) is 0 Å². The Morgan fingerprint density at radius 1 is 1.21 bits per heavy atom. The molecule has 11 heteroatoms. The number of sulfone groups is 1. The van der Waals surface area contributed by atoms with Crippen molar-refractivity contribution in [2.45, 2.75) is 42.1 Å². The van der Waals surface area contributed by atoms with E-state index < -0.39 is 74.8 Å². The highest BCUT2D eigenvalue weighted by atomic mass is 32.2. The zero-order valence-corrected chi connectivity index (χ0v) is 15.8. The Kier molecular flexibility index (Phi) is 6.17. The highest BCUT2D eigenvalue weighted by molar-refractivity contribution is 7.92. The number of amides is 1. The van der Waals surface area contributed by atoms with Gasteiger partial charge in [-0.2, -0.15) is 13.2 Å². The second kappa shape index (κ2) is 7.90. The molecule has 1 aliphatic heterocycles. The van der Waals surface area contributed by atoms with E-state index in [0.717, 1.165) is 37.1 Å². The molecular weight excluding hydrogens is 403 g/mol. The van der Waals surface area contributed by atoms with Gasteiger partial charge in [-0.1, -0.05) is 12.1 Å². The number of likely N-dealkylation sites (tertiary alicyclic amines) is 1. The summed E-state index contributed by atoms with van der Waals surface area (Å²) in [5.41, 5.74) is -1.32. The Morgan fingerprint density at radius 2 is 1.82 bits per heavy atom. The summed E-state index contributed by atoms with van der Waals surface area (Å²) in [5.74, 6) is -2.19. The first-order valence-corrected chi connectivity index (χ1v) is 9.71. The van der Waals surface area contributed by atoms with Crippen LogP contribution in [0.25, 0.3) is 0 Å². The number of hydrogen-bond acceptors (Lipinski definition) is 6. The molecule has 1 aromatic carbocycles. The lowest BCUT2D eigenvalue weighted by Crippen LogP contribution is -2.41. The quantitative estimate of drug-likeness (QED) is 0.529. The van der Waals surface area contributed by atoms with Gasteiger partial charge in [-0.25, -0.2) is 13.2 Å². The normalized spacial score (nSPS) is 20.1. The molecule has 1 amide bonds. The molecule has 28 heavy (non-hydrogen) atoms. The lowest BCUT2D eigenvalue weighted by molar-refractivity contribution is -0.151. The van der Waals surface area contributed by atoms with Crippen molar-refractivity contribution in [2.24, 2.45) is 0 Å². The van der Waals surface area contributed by atoms with Crippen molar-refractivity contribution >= 4 is 27.5 Å². The third kappa shape index (κ3) is 4.34. The molecule has 0 aromatic heterocycles. The van der Waals surface area contributed by atoms with Crippen LogP contribution in [0.2, 0.25) is 0 Å². The fourth-order valence-corrected chi connectivity index (χ4v) is 5.01. The van der Waals surface area contributed by atoms with E-state index in [1.165, 1.54) is 0 Å². The number of alkyl halides is 3. The van der Waals surface area contributed by atoms with Crippen LogP contribution < -0.4 is 0 Å². The van der Waals surface area contributed by atoms with E-state index in [4.69, 9.17) is 0 Å². The minimum atomic E-state index is -4.89. The molecule has 1 heterocycles. The number of ketones is 1. The van der Waals surface area contributed by atoms with Gasteiger partial charge >= 0.3 is 12.1 Å². The number of Topliss-reactive ketones (excluding diaryl/α,β-unsaturated/α-hetero) is 1. The minimum Gasteiger partial charge on any atom is -0.467 e. The SMILES string of the molecule is COC(=O)C1C[C@@H](S(=O)(=O)c2ccccc2C(F)(F)F)CN1C(=O)CC(C)=O. The van der Waals surface area contributed by atoms with E-state index in [2.05, 4.69) is 4.74 Å². The standard InChI is InChI=1S/C17H18F3NO6S/c1-10(22)7-15(23)21-9-11(8-13(21)16(24)27-2)28(25,26)14-6-4-3-5-12(14)17(18,19)20/h3-6,11,13H,7-9H2,1-2H3/t11-,13?/m1/s1. The Labute approximate surface area is 159 Å². The maximum atomic E-state index is 13.2. The molecule has 0 aliphatic carbocycles. The highest BCUT2D eigenvalue weighted by Gasteiger charge is 2.48. The summed E-state index contributed by atoms with van der Waals surface area (Å²) in [5, 5.41) is -1.45. The number of esters is 1. The van der Waals surface area contributed by atoms with Gasteiger partial charge in [-0.05, 0) is 25.5 Å². The summed E-state index contributed by atoms with van der Waals surface area (Å²) in [4.78, 5) is 35.4. The van der Waals surface area contributed by atoms with Crippen LogP contribution >= 0.6 is 0 Å². The van der Waals surface area contributed by atoms with E-state index in [9.17, 15) is 36.0 Å². The predicted octanol–water partition coefficient (Wildman–Crippen LogP) is 1.60. The average molecular weight is 421 g/mol. The molecule has 0 saturated carbocycles. The topological polar surface area (TPSA) is 97.8 Å². The molecule has 1 aliphatic rings. The van der Waals surface area contributed by atoms with Crippen molar-refractivity contribution in [3.05, 3.63) is 29.8 Å². The molecule has 1 saturated heterocycles. The smallest absolute Gasteiger partial charge is 0.417 e. The van der Waals surface area contributed by atoms with Crippen LogP contribution in [0.4, 0.5) is 13.2 Å². The molecule has 1 aromatic rings. The van der Waals surface area contributed by atoms with Crippen LogP contribution in [0.5, 0.6) is 0 Å². The summed E-state index contributed by atoms with van der Waals surface area (Å²) in [6.45, 7) is 0.634. The molecule has 154 valence electrons. The van der Waals surface area contributed by atoms with Gasteiger partial charge in [0.1, 0.15) is 11.8 Å². The molecule has 2 rings (SSSR count). The van der Waals surface area contributed by atoms with Crippen LogP contribution in [0.3, 0.4) is 0 Å². The summed E-state index contributed by atoms with van der Waals surface area (Å²) in [6.07, 6.45) is -5.88. The maximum absolute atomic E-state index is 13.2. The fourth-order valence-electron chi connectivity index (χ4n) is 3.10. The third-order valence-corrected chi connectivity index (χ3v) is 6.58. The van der Waals surface area contributed by atoms with Gasteiger partial charge in [0.05, 0.1) is 29.2 Å².